The highest BCUT2D eigenvalue weighted by Gasteiger charge is 2.08. The van der Waals surface area contributed by atoms with Crippen LogP contribution in [0.25, 0.3) is 10.4 Å². The Hall–Kier alpha value is -2.12. The standard InChI is InChI=1S/C10H6F3N3/c11-8-5-7(10(13)9(12)6-8)3-1-2-4-15-16-14/h5-6H,2,4H2. The van der Waals surface area contributed by atoms with Crippen molar-refractivity contribution in [2.45, 2.75) is 6.42 Å². The van der Waals surface area contributed by atoms with Gasteiger partial charge < -0.3 is 0 Å². The van der Waals surface area contributed by atoms with Crippen molar-refractivity contribution in [2.24, 2.45) is 5.11 Å². The molecule has 0 unspecified atom stereocenters. The minimum atomic E-state index is -1.28. The number of azide groups is 1. The predicted octanol–water partition coefficient (Wildman–Crippen LogP) is 3.16. The molecule has 0 atom stereocenters. The maximum atomic E-state index is 13.0. The zero-order valence-corrected chi connectivity index (χ0v) is 8.04. The molecular weight excluding hydrogens is 219 g/mol. The fraction of sp³-hybridized carbons (Fsp3) is 0.200. The smallest absolute Gasteiger partial charge is 0.174 e. The lowest BCUT2D eigenvalue weighted by molar-refractivity contribution is 0.492. The molecule has 3 nitrogen and oxygen atoms in total. The molecule has 0 heterocycles. The SMILES string of the molecule is [N-]=[N+]=NCCC#Cc1cc(F)cc(F)c1F. The van der Waals surface area contributed by atoms with E-state index in [1.807, 2.05) is 0 Å². The van der Waals surface area contributed by atoms with Gasteiger partial charge in [0, 0.05) is 23.9 Å². The molecule has 1 aromatic rings. The van der Waals surface area contributed by atoms with E-state index >= 15 is 0 Å². The maximum absolute atomic E-state index is 13.0. The molecule has 0 aliphatic carbocycles. The summed E-state index contributed by atoms with van der Waals surface area (Å²) in [4.78, 5) is 2.49. The molecular formula is C10H6F3N3. The third-order valence-corrected chi connectivity index (χ3v) is 1.62. The number of hydrogen-bond donors (Lipinski definition) is 0. The van der Waals surface area contributed by atoms with Gasteiger partial charge >= 0.3 is 0 Å². The summed E-state index contributed by atoms with van der Waals surface area (Å²) in [5.41, 5.74) is 7.60. The van der Waals surface area contributed by atoms with E-state index in [4.69, 9.17) is 5.53 Å². The normalized spacial score (nSPS) is 8.94. The molecule has 0 aliphatic rings. The van der Waals surface area contributed by atoms with Crippen molar-refractivity contribution in [2.75, 3.05) is 6.54 Å². The molecule has 0 saturated carbocycles. The molecule has 0 radical (unpaired) electrons. The summed E-state index contributed by atoms with van der Waals surface area (Å²) in [6, 6.07) is 1.25. The molecule has 0 spiro atoms. The number of halogens is 3. The van der Waals surface area contributed by atoms with E-state index < -0.39 is 17.5 Å². The van der Waals surface area contributed by atoms with E-state index in [-0.39, 0.29) is 18.5 Å². The molecule has 0 amide bonds. The van der Waals surface area contributed by atoms with E-state index in [1.54, 1.807) is 0 Å². The van der Waals surface area contributed by atoms with Crippen LogP contribution in [-0.4, -0.2) is 6.54 Å². The van der Waals surface area contributed by atoms with Crippen LogP contribution in [0.5, 0.6) is 0 Å². The van der Waals surface area contributed by atoms with Crippen molar-refractivity contribution in [3.05, 3.63) is 45.6 Å². The Labute approximate surface area is 89.5 Å². The number of rotatable bonds is 2. The van der Waals surface area contributed by atoms with Gasteiger partial charge in [0.15, 0.2) is 11.6 Å². The van der Waals surface area contributed by atoms with Crippen LogP contribution < -0.4 is 0 Å². The lowest BCUT2D eigenvalue weighted by Crippen LogP contribution is -1.92. The average Bonchev–Trinajstić information content (AvgIpc) is 2.24. The monoisotopic (exact) mass is 225 g/mol. The maximum Gasteiger partial charge on any atom is 0.174 e. The van der Waals surface area contributed by atoms with Gasteiger partial charge in [-0.2, -0.15) is 0 Å². The molecule has 6 heteroatoms. The van der Waals surface area contributed by atoms with Gasteiger partial charge in [-0.05, 0) is 11.6 Å². The molecule has 16 heavy (non-hydrogen) atoms. The van der Waals surface area contributed by atoms with Crippen LogP contribution in [0.15, 0.2) is 17.2 Å². The van der Waals surface area contributed by atoms with E-state index in [9.17, 15) is 13.2 Å². The highest BCUT2D eigenvalue weighted by molar-refractivity contribution is 5.36. The predicted molar refractivity (Wildman–Crippen MR) is 51.8 cm³/mol. The van der Waals surface area contributed by atoms with Gasteiger partial charge in [-0.25, -0.2) is 13.2 Å². The van der Waals surface area contributed by atoms with Gasteiger partial charge in [0.2, 0.25) is 0 Å². The topological polar surface area (TPSA) is 48.8 Å². The van der Waals surface area contributed by atoms with Crippen LogP contribution in [0.2, 0.25) is 0 Å². The zero-order valence-electron chi connectivity index (χ0n) is 8.04. The molecule has 0 bridgehead atoms. The van der Waals surface area contributed by atoms with Gasteiger partial charge in [-0.3, -0.25) is 0 Å². The van der Waals surface area contributed by atoms with Crippen LogP contribution in [-0.2, 0) is 0 Å². The van der Waals surface area contributed by atoms with E-state index in [0.717, 1.165) is 6.07 Å². The average molecular weight is 225 g/mol. The number of nitrogens with zero attached hydrogens (tertiary/aromatic N) is 3. The second-order valence-electron chi connectivity index (χ2n) is 2.76. The van der Waals surface area contributed by atoms with Crippen molar-refractivity contribution in [1.29, 1.82) is 0 Å². The fourth-order valence-corrected chi connectivity index (χ4v) is 0.955. The van der Waals surface area contributed by atoms with Crippen LogP contribution in [0.1, 0.15) is 12.0 Å². The highest BCUT2D eigenvalue weighted by Crippen LogP contribution is 2.12. The Morgan fingerprint density at radius 3 is 2.75 bits per heavy atom. The van der Waals surface area contributed by atoms with Gasteiger partial charge in [0.1, 0.15) is 5.82 Å². The summed E-state index contributed by atoms with van der Waals surface area (Å²) in [5, 5.41) is 3.20. The van der Waals surface area contributed by atoms with Crippen LogP contribution in [0.3, 0.4) is 0 Å². The molecule has 1 rings (SSSR count). The van der Waals surface area contributed by atoms with Gasteiger partial charge in [0.05, 0.1) is 5.56 Å². The lowest BCUT2D eigenvalue weighted by Gasteiger charge is -1.96. The Kier molecular flexibility index (Phi) is 4.25. The largest absolute Gasteiger partial charge is 0.207 e. The summed E-state index contributed by atoms with van der Waals surface area (Å²) in [5.74, 6) is 1.36. The highest BCUT2D eigenvalue weighted by atomic mass is 19.2. The Bertz CT molecular complexity index is 496. The van der Waals surface area contributed by atoms with Crippen LogP contribution in [0.4, 0.5) is 13.2 Å². The summed E-state index contributed by atoms with van der Waals surface area (Å²) in [6.07, 6.45) is 0.196. The van der Waals surface area contributed by atoms with E-state index in [2.05, 4.69) is 21.9 Å². The first-order chi connectivity index (χ1) is 7.65. The first-order valence-electron chi connectivity index (χ1n) is 4.29. The first-order valence-corrected chi connectivity index (χ1v) is 4.29. The van der Waals surface area contributed by atoms with E-state index in [1.165, 1.54) is 0 Å². The Morgan fingerprint density at radius 2 is 2.06 bits per heavy atom. The van der Waals surface area contributed by atoms with Gasteiger partial charge in [-0.1, -0.05) is 17.0 Å². The summed E-state index contributed by atoms with van der Waals surface area (Å²) in [7, 11) is 0. The Morgan fingerprint density at radius 1 is 1.31 bits per heavy atom. The summed E-state index contributed by atoms with van der Waals surface area (Å²) < 4.78 is 38.4. The lowest BCUT2D eigenvalue weighted by atomic mass is 10.2. The second kappa shape index (κ2) is 5.69. The minimum Gasteiger partial charge on any atom is -0.207 e. The van der Waals surface area contributed by atoms with Crippen molar-refractivity contribution in [3.8, 4) is 11.8 Å². The molecule has 0 saturated heterocycles. The Balaban J connectivity index is 2.84. The molecule has 0 N–H and O–H groups in total. The van der Waals surface area contributed by atoms with Crippen LogP contribution >= 0.6 is 0 Å². The van der Waals surface area contributed by atoms with Gasteiger partial charge in [-0.15, -0.1) is 0 Å². The quantitative estimate of drug-likeness (QED) is 0.185. The van der Waals surface area contributed by atoms with Gasteiger partial charge in [0.25, 0.3) is 0 Å². The van der Waals surface area contributed by atoms with Crippen molar-refractivity contribution >= 4 is 0 Å². The molecule has 0 fully saturated rings. The molecule has 0 aromatic heterocycles. The number of benzene rings is 1. The zero-order chi connectivity index (χ0) is 12.0. The van der Waals surface area contributed by atoms with Crippen molar-refractivity contribution in [1.82, 2.24) is 0 Å². The fourth-order valence-electron chi connectivity index (χ4n) is 0.955. The minimum absolute atomic E-state index is 0.128. The second-order valence-corrected chi connectivity index (χ2v) is 2.76. The molecule has 1 aromatic carbocycles. The number of hydrogen-bond acceptors (Lipinski definition) is 1. The third kappa shape index (κ3) is 3.23. The first kappa shape index (κ1) is 12.0. The third-order valence-electron chi connectivity index (χ3n) is 1.62. The van der Waals surface area contributed by atoms with E-state index in [0.29, 0.717) is 6.07 Å². The summed E-state index contributed by atoms with van der Waals surface area (Å²) in [6.45, 7) is 0.128. The summed E-state index contributed by atoms with van der Waals surface area (Å²) >= 11 is 0. The van der Waals surface area contributed by atoms with Crippen molar-refractivity contribution in [3.63, 3.8) is 0 Å². The van der Waals surface area contributed by atoms with Crippen molar-refractivity contribution < 1.29 is 13.2 Å². The molecule has 82 valence electrons. The van der Waals surface area contributed by atoms with Crippen LogP contribution in [0, 0.1) is 29.3 Å². The molecule has 0 aliphatic heterocycles.